The molecule has 0 aromatic heterocycles. The lowest BCUT2D eigenvalue weighted by Gasteiger charge is -2.25. The molecular formula is C12H13NO3. The fourth-order valence-electron chi connectivity index (χ4n) is 2.01. The maximum absolute atomic E-state index is 11.6. The molecule has 0 saturated heterocycles. The smallest absolute Gasteiger partial charge is 0.316 e. The summed E-state index contributed by atoms with van der Waals surface area (Å²) in [5.41, 5.74) is 3.71. The summed E-state index contributed by atoms with van der Waals surface area (Å²) in [5.74, 6) is -2.45. The molecule has 0 radical (unpaired) electrons. The molecule has 1 heterocycles. The van der Waals surface area contributed by atoms with E-state index < -0.39 is 17.8 Å². The molecule has 0 aliphatic carbocycles. The van der Waals surface area contributed by atoms with Gasteiger partial charge in [-0.1, -0.05) is 12.1 Å². The monoisotopic (exact) mass is 219 g/mol. The van der Waals surface area contributed by atoms with E-state index in [1.165, 1.54) is 0 Å². The van der Waals surface area contributed by atoms with Crippen LogP contribution in [0, 0.1) is 19.8 Å². The first-order valence-corrected chi connectivity index (χ1v) is 5.13. The molecule has 84 valence electrons. The third-order valence-electron chi connectivity index (χ3n) is 3.03. The molecule has 0 bridgehead atoms. The van der Waals surface area contributed by atoms with Crippen molar-refractivity contribution in [2.75, 3.05) is 5.32 Å². The van der Waals surface area contributed by atoms with E-state index in [9.17, 15) is 9.59 Å². The van der Waals surface area contributed by atoms with Gasteiger partial charge in [-0.3, -0.25) is 9.59 Å². The number of hydrogen-bond acceptors (Lipinski definition) is 2. The summed E-state index contributed by atoms with van der Waals surface area (Å²) in [6.45, 7) is 3.83. The van der Waals surface area contributed by atoms with E-state index in [1.807, 2.05) is 26.0 Å². The Hall–Kier alpha value is -1.84. The van der Waals surface area contributed by atoms with Crippen LogP contribution in [-0.4, -0.2) is 17.0 Å². The number of carboxylic acids is 1. The quantitative estimate of drug-likeness (QED) is 0.703. The van der Waals surface area contributed by atoms with E-state index in [1.54, 1.807) is 0 Å². The second-order valence-electron chi connectivity index (χ2n) is 4.14. The van der Waals surface area contributed by atoms with E-state index in [-0.39, 0.29) is 6.42 Å². The largest absolute Gasteiger partial charge is 0.481 e. The van der Waals surface area contributed by atoms with Crippen molar-refractivity contribution in [3.05, 3.63) is 28.8 Å². The minimum absolute atomic E-state index is 0.282. The zero-order chi connectivity index (χ0) is 11.9. The number of carboxylic acid groups (broad SMARTS) is 1. The molecule has 0 spiro atoms. The molecule has 1 aliphatic rings. The standard InChI is InChI=1S/C12H13NO3/c1-6-3-4-7(2)10-8(6)5-9(12(15)16)11(14)13-10/h3-4,9H,5H2,1-2H3,(H,13,14)(H,15,16). The Labute approximate surface area is 93.3 Å². The zero-order valence-corrected chi connectivity index (χ0v) is 9.20. The first kappa shape index (κ1) is 10.7. The molecule has 1 aliphatic heterocycles. The number of carbonyl (C=O) groups excluding carboxylic acids is 1. The Balaban J connectivity index is 2.50. The Morgan fingerprint density at radius 1 is 1.38 bits per heavy atom. The average Bonchev–Trinajstić information content (AvgIpc) is 2.23. The molecule has 4 heteroatoms. The maximum Gasteiger partial charge on any atom is 0.316 e. The lowest BCUT2D eigenvalue weighted by Crippen LogP contribution is -2.36. The van der Waals surface area contributed by atoms with Crippen LogP contribution in [0.5, 0.6) is 0 Å². The number of rotatable bonds is 1. The molecule has 1 aromatic rings. The first-order valence-electron chi connectivity index (χ1n) is 5.13. The Morgan fingerprint density at radius 2 is 2.00 bits per heavy atom. The Bertz CT molecular complexity index is 479. The molecular weight excluding hydrogens is 206 g/mol. The number of amides is 1. The van der Waals surface area contributed by atoms with Crippen molar-refractivity contribution in [2.24, 2.45) is 5.92 Å². The van der Waals surface area contributed by atoms with Gasteiger partial charge in [0.1, 0.15) is 5.92 Å². The summed E-state index contributed by atoms with van der Waals surface area (Å²) in [5, 5.41) is 11.6. The van der Waals surface area contributed by atoms with Gasteiger partial charge in [-0.05, 0) is 37.0 Å². The van der Waals surface area contributed by atoms with Crippen LogP contribution in [0.2, 0.25) is 0 Å². The SMILES string of the molecule is Cc1ccc(C)c2c1CC(C(=O)O)C(=O)N2. The van der Waals surface area contributed by atoms with E-state index in [0.717, 1.165) is 22.4 Å². The van der Waals surface area contributed by atoms with Crippen LogP contribution in [0.3, 0.4) is 0 Å². The van der Waals surface area contributed by atoms with Crippen molar-refractivity contribution in [2.45, 2.75) is 20.3 Å². The van der Waals surface area contributed by atoms with Gasteiger partial charge in [0.2, 0.25) is 5.91 Å². The van der Waals surface area contributed by atoms with Crippen LogP contribution >= 0.6 is 0 Å². The highest BCUT2D eigenvalue weighted by atomic mass is 16.4. The lowest BCUT2D eigenvalue weighted by atomic mass is 9.89. The van der Waals surface area contributed by atoms with Gasteiger partial charge in [-0.15, -0.1) is 0 Å². The number of aryl methyl sites for hydroxylation is 2. The number of carbonyl (C=O) groups is 2. The van der Waals surface area contributed by atoms with Crippen LogP contribution in [-0.2, 0) is 16.0 Å². The van der Waals surface area contributed by atoms with E-state index in [4.69, 9.17) is 5.11 Å². The zero-order valence-electron chi connectivity index (χ0n) is 9.20. The molecule has 4 nitrogen and oxygen atoms in total. The number of nitrogens with one attached hydrogen (secondary N) is 1. The number of fused-ring (bicyclic) bond motifs is 1. The third-order valence-corrected chi connectivity index (χ3v) is 3.03. The van der Waals surface area contributed by atoms with Crippen molar-refractivity contribution >= 4 is 17.6 Å². The fourth-order valence-corrected chi connectivity index (χ4v) is 2.01. The summed E-state index contributed by atoms with van der Waals surface area (Å²) in [6, 6.07) is 3.88. The first-order chi connectivity index (χ1) is 7.50. The minimum atomic E-state index is -1.07. The highest BCUT2D eigenvalue weighted by Gasteiger charge is 2.33. The third kappa shape index (κ3) is 1.56. The fraction of sp³-hybridized carbons (Fsp3) is 0.333. The summed E-state index contributed by atoms with van der Waals surface area (Å²) in [6.07, 6.45) is 0.282. The van der Waals surface area contributed by atoms with E-state index >= 15 is 0 Å². The number of anilines is 1. The van der Waals surface area contributed by atoms with Crippen molar-refractivity contribution < 1.29 is 14.7 Å². The summed E-state index contributed by atoms with van der Waals surface area (Å²) < 4.78 is 0. The van der Waals surface area contributed by atoms with Crippen LogP contribution in [0.1, 0.15) is 16.7 Å². The van der Waals surface area contributed by atoms with Gasteiger partial charge in [0.25, 0.3) is 0 Å². The highest BCUT2D eigenvalue weighted by Crippen LogP contribution is 2.31. The molecule has 0 saturated carbocycles. The Kier molecular flexibility index (Phi) is 2.42. The highest BCUT2D eigenvalue weighted by molar-refractivity contribution is 6.07. The van der Waals surface area contributed by atoms with Gasteiger partial charge in [0.15, 0.2) is 0 Å². The molecule has 2 rings (SSSR count). The normalized spacial score (nSPS) is 18.9. The van der Waals surface area contributed by atoms with Crippen LogP contribution in [0.15, 0.2) is 12.1 Å². The van der Waals surface area contributed by atoms with Crippen molar-refractivity contribution in [3.63, 3.8) is 0 Å². The molecule has 0 fully saturated rings. The topological polar surface area (TPSA) is 66.4 Å². The van der Waals surface area contributed by atoms with Crippen molar-refractivity contribution in [3.8, 4) is 0 Å². The van der Waals surface area contributed by atoms with Crippen molar-refractivity contribution in [1.82, 2.24) is 0 Å². The van der Waals surface area contributed by atoms with Gasteiger partial charge in [-0.2, -0.15) is 0 Å². The number of benzene rings is 1. The molecule has 1 aromatic carbocycles. The van der Waals surface area contributed by atoms with Crippen LogP contribution in [0.4, 0.5) is 5.69 Å². The second-order valence-corrected chi connectivity index (χ2v) is 4.14. The van der Waals surface area contributed by atoms with Crippen molar-refractivity contribution in [1.29, 1.82) is 0 Å². The van der Waals surface area contributed by atoms with E-state index in [0.29, 0.717) is 0 Å². The predicted octanol–water partition coefficient (Wildman–Crippen LogP) is 1.50. The molecule has 16 heavy (non-hydrogen) atoms. The van der Waals surface area contributed by atoms with Gasteiger partial charge in [0.05, 0.1) is 0 Å². The lowest BCUT2D eigenvalue weighted by molar-refractivity contribution is -0.145. The van der Waals surface area contributed by atoms with Crippen LogP contribution < -0.4 is 5.32 Å². The predicted molar refractivity (Wildman–Crippen MR) is 59.4 cm³/mol. The summed E-state index contributed by atoms with van der Waals surface area (Å²) in [4.78, 5) is 22.5. The maximum atomic E-state index is 11.6. The van der Waals surface area contributed by atoms with E-state index in [2.05, 4.69) is 5.32 Å². The molecule has 2 N–H and O–H groups in total. The van der Waals surface area contributed by atoms with Gasteiger partial charge < -0.3 is 10.4 Å². The van der Waals surface area contributed by atoms with Gasteiger partial charge >= 0.3 is 5.97 Å². The summed E-state index contributed by atoms with van der Waals surface area (Å²) in [7, 11) is 0. The second kappa shape index (κ2) is 3.63. The van der Waals surface area contributed by atoms with Gasteiger partial charge in [0, 0.05) is 5.69 Å². The molecule has 1 amide bonds. The Morgan fingerprint density at radius 3 is 2.62 bits per heavy atom. The average molecular weight is 219 g/mol. The van der Waals surface area contributed by atoms with Crippen LogP contribution in [0.25, 0.3) is 0 Å². The molecule has 1 atom stereocenters. The number of hydrogen-bond donors (Lipinski definition) is 2. The number of aliphatic carboxylic acids is 1. The minimum Gasteiger partial charge on any atom is -0.481 e. The summed E-state index contributed by atoms with van der Waals surface area (Å²) >= 11 is 0. The van der Waals surface area contributed by atoms with Gasteiger partial charge in [-0.25, -0.2) is 0 Å². The molecule has 1 unspecified atom stereocenters.